The Hall–Kier alpha value is -3.05. The molecule has 1 amide bonds. The van der Waals surface area contributed by atoms with Gasteiger partial charge in [-0.25, -0.2) is 13.1 Å². The average Bonchev–Trinajstić information content (AvgIpc) is 3.07. The Balaban J connectivity index is 2.34. The van der Waals surface area contributed by atoms with Crippen molar-refractivity contribution in [3.05, 3.63) is 53.0 Å². The van der Waals surface area contributed by atoms with E-state index in [1.165, 1.54) is 31.6 Å². The SMILES string of the molecule is COc1ccc(S(=O)(=O)NC(=O)/C(C#N)=C/c2ccco2)c(C)c1C. The fraction of sp³-hybridized carbons (Fsp3) is 0.176. The summed E-state index contributed by atoms with van der Waals surface area (Å²) in [6, 6.07) is 7.63. The molecule has 0 radical (unpaired) electrons. The van der Waals surface area contributed by atoms with Crippen LogP contribution in [0.2, 0.25) is 0 Å². The van der Waals surface area contributed by atoms with Crippen LogP contribution < -0.4 is 9.46 Å². The number of carbonyl (C=O) groups excluding carboxylic acids is 1. The predicted octanol–water partition coefficient (Wildman–Crippen LogP) is 2.32. The number of furan rings is 1. The van der Waals surface area contributed by atoms with Crippen LogP contribution in [0.25, 0.3) is 6.08 Å². The second-order valence-corrected chi connectivity index (χ2v) is 6.79. The zero-order chi connectivity index (χ0) is 18.6. The van der Waals surface area contributed by atoms with Crippen molar-refractivity contribution in [2.24, 2.45) is 0 Å². The third-order valence-corrected chi connectivity index (χ3v) is 5.09. The Morgan fingerprint density at radius 3 is 2.56 bits per heavy atom. The summed E-state index contributed by atoms with van der Waals surface area (Å²) in [5.74, 6) is -0.231. The van der Waals surface area contributed by atoms with Crippen LogP contribution in [-0.2, 0) is 14.8 Å². The van der Waals surface area contributed by atoms with Gasteiger partial charge in [-0.2, -0.15) is 5.26 Å². The van der Waals surface area contributed by atoms with E-state index in [0.29, 0.717) is 16.9 Å². The smallest absolute Gasteiger partial charge is 0.275 e. The highest BCUT2D eigenvalue weighted by Crippen LogP contribution is 2.26. The summed E-state index contributed by atoms with van der Waals surface area (Å²) in [5, 5.41) is 9.10. The van der Waals surface area contributed by atoms with Crippen LogP contribution in [0.1, 0.15) is 16.9 Å². The molecule has 0 bridgehead atoms. The van der Waals surface area contributed by atoms with Gasteiger partial charge in [0.1, 0.15) is 23.2 Å². The van der Waals surface area contributed by atoms with E-state index in [-0.39, 0.29) is 16.2 Å². The number of ether oxygens (including phenoxy) is 1. The molecule has 0 saturated carbocycles. The van der Waals surface area contributed by atoms with E-state index in [1.807, 2.05) is 4.72 Å². The molecule has 0 saturated heterocycles. The van der Waals surface area contributed by atoms with E-state index in [0.717, 1.165) is 6.08 Å². The molecule has 0 atom stereocenters. The maximum Gasteiger partial charge on any atom is 0.275 e. The maximum absolute atomic E-state index is 12.5. The first-order valence-corrected chi connectivity index (χ1v) is 8.65. The van der Waals surface area contributed by atoms with Gasteiger partial charge in [0, 0.05) is 6.08 Å². The highest BCUT2D eigenvalue weighted by Gasteiger charge is 2.23. The molecule has 130 valence electrons. The highest BCUT2D eigenvalue weighted by molar-refractivity contribution is 7.90. The van der Waals surface area contributed by atoms with Crippen LogP contribution in [0.15, 0.2) is 45.4 Å². The van der Waals surface area contributed by atoms with Gasteiger partial charge in [0.05, 0.1) is 18.3 Å². The molecule has 0 aliphatic rings. The topological polar surface area (TPSA) is 109 Å². The number of hydrogen-bond donors (Lipinski definition) is 1. The summed E-state index contributed by atoms with van der Waals surface area (Å²) < 4.78 is 37.1. The molecular formula is C17H16N2O5S. The van der Waals surface area contributed by atoms with E-state index >= 15 is 0 Å². The van der Waals surface area contributed by atoms with E-state index < -0.39 is 15.9 Å². The van der Waals surface area contributed by atoms with Gasteiger partial charge in [0.15, 0.2) is 0 Å². The first kappa shape index (κ1) is 18.3. The van der Waals surface area contributed by atoms with Crippen LogP contribution in [-0.4, -0.2) is 21.4 Å². The monoisotopic (exact) mass is 360 g/mol. The summed E-state index contributed by atoms with van der Waals surface area (Å²) >= 11 is 0. The van der Waals surface area contributed by atoms with E-state index in [9.17, 15) is 13.2 Å². The first-order chi connectivity index (χ1) is 11.8. The number of carbonyl (C=O) groups is 1. The lowest BCUT2D eigenvalue weighted by Crippen LogP contribution is -2.32. The lowest BCUT2D eigenvalue weighted by Gasteiger charge is -2.13. The van der Waals surface area contributed by atoms with Crippen molar-refractivity contribution >= 4 is 22.0 Å². The Kier molecular flexibility index (Phi) is 5.29. The number of nitrogens with one attached hydrogen (secondary N) is 1. The van der Waals surface area contributed by atoms with Crippen molar-refractivity contribution in [3.8, 4) is 11.8 Å². The number of nitrogens with zero attached hydrogens (tertiary/aromatic N) is 1. The summed E-state index contributed by atoms with van der Waals surface area (Å²) in [7, 11) is -2.67. The van der Waals surface area contributed by atoms with Crippen molar-refractivity contribution in [1.29, 1.82) is 5.26 Å². The molecule has 8 heteroatoms. The second kappa shape index (κ2) is 7.23. The Labute approximate surface area is 145 Å². The van der Waals surface area contributed by atoms with Crippen LogP contribution in [0.5, 0.6) is 5.75 Å². The summed E-state index contributed by atoms with van der Waals surface area (Å²) in [5.41, 5.74) is 0.707. The summed E-state index contributed by atoms with van der Waals surface area (Å²) in [6.07, 6.45) is 2.54. The van der Waals surface area contributed by atoms with Gasteiger partial charge in [-0.1, -0.05) is 0 Å². The zero-order valence-corrected chi connectivity index (χ0v) is 14.7. The molecule has 1 heterocycles. The number of benzene rings is 1. The van der Waals surface area contributed by atoms with Crippen LogP contribution in [0, 0.1) is 25.2 Å². The van der Waals surface area contributed by atoms with Crippen molar-refractivity contribution in [1.82, 2.24) is 4.72 Å². The molecular weight excluding hydrogens is 344 g/mol. The van der Waals surface area contributed by atoms with Crippen LogP contribution in [0.4, 0.5) is 0 Å². The number of hydrogen-bond acceptors (Lipinski definition) is 6. The maximum atomic E-state index is 12.5. The number of sulfonamides is 1. The molecule has 2 rings (SSSR count). The van der Waals surface area contributed by atoms with Crippen LogP contribution in [0.3, 0.4) is 0 Å². The minimum atomic E-state index is -4.15. The van der Waals surface area contributed by atoms with Crippen molar-refractivity contribution in [2.45, 2.75) is 18.7 Å². The minimum Gasteiger partial charge on any atom is -0.496 e. The fourth-order valence-electron chi connectivity index (χ4n) is 2.18. The third kappa shape index (κ3) is 3.89. The average molecular weight is 360 g/mol. The number of rotatable bonds is 5. The zero-order valence-electron chi connectivity index (χ0n) is 13.9. The van der Waals surface area contributed by atoms with Gasteiger partial charge in [-0.15, -0.1) is 0 Å². The quantitative estimate of drug-likeness (QED) is 0.647. The van der Waals surface area contributed by atoms with Crippen molar-refractivity contribution in [2.75, 3.05) is 7.11 Å². The fourth-order valence-corrected chi connectivity index (χ4v) is 3.45. The molecule has 0 aliphatic carbocycles. The number of amides is 1. The van der Waals surface area contributed by atoms with E-state index in [2.05, 4.69) is 0 Å². The summed E-state index contributed by atoms with van der Waals surface area (Å²) in [6.45, 7) is 3.33. The Bertz CT molecular complexity index is 967. The van der Waals surface area contributed by atoms with E-state index in [4.69, 9.17) is 14.4 Å². The molecule has 0 fully saturated rings. The lowest BCUT2D eigenvalue weighted by molar-refractivity contribution is -0.115. The molecule has 1 N–H and O–H groups in total. The molecule has 1 aromatic heterocycles. The van der Waals surface area contributed by atoms with Gasteiger partial charge >= 0.3 is 0 Å². The standard InChI is InChI=1S/C17H16N2O5S/c1-11-12(2)16(7-6-15(11)23-3)25(21,22)19-17(20)13(10-18)9-14-5-4-8-24-14/h4-9H,1-3H3,(H,19,20)/b13-9+. The summed E-state index contributed by atoms with van der Waals surface area (Å²) in [4.78, 5) is 12.1. The van der Waals surface area contributed by atoms with Crippen LogP contribution >= 0.6 is 0 Å². The molecule has 0 spiro atoms. The number of nitriles is 1. The second-order valence-electron chi connectivity index (χ2n) is 5.14. The number of methoxy groups -OCH3 is 1. The van der Waals surface area contributed by atoms with Gasteiger partial charge in [0.25, 0.3) is 15.9 Å². The molecule has 0 aliphatic heterocycles. The van der Waals surface area contributed by atoms with Crippen molar-refractivity contribution < 1.29 is 22.4 Å². The molecule has 1 aromatic carbocycles. The van der Waals surface area contributed by atoms with Gasteiger partial charge in [-0.05, 0) is 49.2 Å². The molecule has 25 heavy (non-hydrogen) atoms. The highest BCUT2D eigenvalue weighted by atomic mass is 32.2. The van der Waals surface area contributed by atoms with E-state index in [1.54, 1.807) is 26.0 Å². The van der Waals surface area contributed by atoms with Crippen molar-refractivity contribution in [3.63, 3.8) is 0 Å². The van der Waals surface area contributed by atoms with Gasteiger partial charge < -0.3 is 9.15 Å². The Morgan fingerprint density at radius 2 is 2.00 bits per heavy atom. The molecule has 7 nitrogen and oxygen atoms in total. The first-order valence-electron chi connectivity index (χ1n) is 7.16. The minimum absolute atomic E-state index is 0.0607. The Morgan fingerprint density at radius 1 is 1.28 bits per heavy atom. The normalized spacial score (nSPS) is 11.7. The third-order valence-electron chi connectivity index (χ3n) is 3.62. The van der Waals surface area contributed by atoms with Gasteiger partial charge in [0.2, 0.25) is 0 Å². The molecule has 0 unspecified atom stereocenters. The molecule has 2 aromatic rings. The predicted molar refractivity (Wildman–Crippen MR) is 90.1 cm³/mol. The largest absolute Gasteiger partial charge is 0.496 e. The van der Waals surface area contributed by atoms with Gasteiger partial charge in [-0.3, -0.25) is 4.79 Å². The lowest BCUT2D eigenvalue weighted by atomic mass is 10.1.